The number of carbonyl (C=O) groups is 2. The van der Waals surface area contributed by atoms with Crippen LogP contribution in [0.25, 0.3) is 0 Å². The summed E-state index contributed by atoms with van der Waals surface area (Å²) in [5.74, 6) is -2.43. The number of primary amides is 1. The monoisotopic (exact) mass is 283 g/mol. The van der Waals surface area contributed by atoms with Gasteiger partial charge in [-0.1, -0.05) is 0 Å². The van der Waals surface area contributed by atoms with Crippen LogP contribution >= 0.6 is 0 Å². The summed E-state index contributed by atoms with van der Waals surface area (Å²) in [6.07, 6.45) is 0. The maximum Gasteiger partial charge on any atom is 0.304 e. The van der Waals surface area contributed by atoms with Gasteiger partial charge in [-0.05, 0) is 26.0 Å². The number of nitro groups is 1. The third kappa shape index (κ3) is 3.50. The zero-order chi connectivity index (χ0) is 15.4. The predicted octanol–water partition coefficient (Wildman–Crippen LogP) is 1.07. The number of rotatable bonds is 5. The fraction of sp³-hybridized carbons (Fsp3) is 0.333. The number of hydrogen-bond donors (Lipinski definition) is 1. The number of benzene rings is 1. The Bertz CT molecular complexity index is 560. The summed E-state index contributed by atoms with van der Waals surface area (Å²) >= 11 is 0. The van der Waals surface area contributed by atoms with Crippen LogP contribution in [0.3, 0.4) is 0 Å². The molecule has 0 aromatic heterocycles. The van der Waals surface area contributed by atoms with Gasteiger partial charge in [-0.15, -0.1) is 0 Å². The summed E-state index contributed by atoms with van der Waals surface area (Å²) in [6, 6.07) is 2.50. The molecular formula is C12H14FN3O4. The molecule has 0 fully saturated rings. The van der Waals surface area contributed by atoms with Crippen molar-refractivity contribution in [3.63, 3.8) is 0 Å². The standard InChI is InChI=1S/C12H14FN3O4/c1-7(2)15(6-11(14)17)12(18)8-3-4-10(16(19)20)9(13)5-8/h3-5,7H,6H2,1-2H3,(H2,14,17). The largest absolute Gasteiger partial charge is 0.368 e. The zero-order valence-corrected chi connectivity index (χ0v) is 11.0. The highest BCUT2D eigenvalue weighted by atomic mass is 19.1. The van der Waals surface area contributed by atoms with Crippen molar-refractivity contribution in [1.82, 2.24) is 4.90 Å². The Kier molecular flexibility index (Phi) is 4.73. The average molecular weight is 283 g/mol. The summed E-state index contributed by atoms with van der Waals surface area (Å²) in [6.45, 7) is 3.03. The van der Waals surface area contributed by atoms with Crippen LogP contribution in [-0.2, 0) is 4.79 Å². The van der Waals surface area contributed by atoms with Gasteiger partial charge in [0.1, 0.15) is 0 Å². The van der Waals surface area contributed by atoms with E-state index >= 15 is 0 Å². The number of nitrogens with two attached hydrogens (primary N) is 1. The average Bonchev–Trinajstić information content (AvgIpc) is 2.34. The van der Waals surface area contributed by atoms with Crippen LogP contribution in [0.15, 0.2) is 18.2 Å². The van der Waals surface area contributed by atoms with Gasteiger partial charge in [-0.25, -0.2) is 0 Å². The molecule has 20 heavy (non-hydrogen) atoms. The fourth-order valence-electron chi connectivity index (χ4n) is 1.61. The molecule has 1 rings (SSSR count). The SMILES string of the molecule is CC(C)N(CC(N)=O)C(=O)c1ccc([N+](=O)[O-])c(F)c1. The Balaban J connectivity index is 3.09. The Morgan fingerprint density at radius 2 is 2.05 bits per heavy atom. The number of nitro benzene ring substituents is 1. The van der Waals surface area contributed by atoms with Gasteiger partial charge in [-0.2, -0.15) is 4.39 Å². The summed E-state index contributed by atoms with van der Waals surface area (Å²) in [7, 11) is 0. The van der Waals surface area contributed by atoms with E-state index in [1.54, 1.807) is 13.8 Å². The normalized spacial score (nSPS) is 10.4. The highest BCUT2D eigenvalue weighted by molar-refractivity contribution is 5.96. The smallest absolute Gasteiger partial charge is 0.304 e. The molecule has 0 aliphatic rings. The zero-order valence-electron chi connectivity index (χ0n) is 11.0. The van der Waals surface area contributed by atoms with Gasteiger partial charge in [-0.3, -0.25) is 19.7 Å². The molecule has 0 atom stereocenters. The molecule has 1 aromatic rings. The van der Waals surface area contributed by atoms with E-state index in [0.29, 0.717) is 0 Å². The fourth-order valence-corrected chi connectivity index (χ4v) is 1.61. The summed E-state index contributed by atoms with van der Waals surface area (Å²) in [5.41, 5.74) is 4.25. The molecule has 0 heterocycles. The highest BCUT2D eigenvalue weighted by Gasteiger charge is 2.23. The maximum absolute atomic E-state index is 13.5. The first-order valence-corrected chi connectivity index (χ1v) is 5.77. The molecule has 8 heteroatoms. The van der Waals surface area contributed by atoms with Crippen LogP contribution in [0.4, 0.5) is 10.1 Å². The summed E-state index contributed by atoms with van der Waals surface area (Å²) in [5, 5.41) is 10.5. The number of amides is 2. The van der Waals surface area contributed by atoms with Gasteiger partial charge >= 0.3 is 5.69 Å². The lowest BCUT2D eigenvalue weighted by Crippen LogP contribution is -2.42. The molecular weight excluding hydrogens is 269 g/mol. The van der Waals surface area contributed by atoms with Crippen molar-refractivity contribution >= 4 is 17.5 Å². The van der Waals surface area contributed by atoms with Crippen molar-refractivity contribution in [1.29, 1.82) is 0 Å². The minimum atomic E-state index is -1.11. The first-order valence-electron chi connectivity index (χ1n) is 5.77. The lowest BCUT2D eigenvalue weighted by atomic mass is 10.1. The van der Waals surface area contributed by atoms with E-state index in [2.05, 4.69) is 0 Å². The van der Waals surface area contributed by atoms with Crippen molar-refractivity contribution in [3.8, 4) is 0 Å². The molecule has 0 aliphatic carbocycles. The second-order valence-corrected chi connectivity index (χ2v) is 4.42. The van der Waals surface area contributed by atoms with Crippen LogP contribution in [-0.4, -0.2) is 34.2 Å². The Morgan fingerprint density at radius 3 is 2.45 bits per heavy atom. The molecule has 1 aromatic carbocycles. The number of hydrogen-bond acceptors (Lipinski definition) is 4. The minimum Gasteiger partial charge on any atom is -0.368 e. The van der Waals surface area contributed by atoms with Crippen molar-refractivity contribution in [2.45, 2.75) is 19.9 Å². The highest BCUT2D eigenvalue weighted by Crippen LogP contribution is 2.19. The minimum absolute atomic E-state index is 0.0805. The van der Waals surface area contributed by atoms with Crippen LogP contribution in [0.5, 0.6) is 0 Å². The van der Waals surface area contributed by atoms with Crippen LogP contribution < -0.4 is 5.73 Å². The quantitative estimate of drug-likeness (QED) is 0.644. The van der Waals surface area contributed by atoms with E-state index in [4.69, 9.17) is 5.73 Å². The van der Waals surface area contributed by atoms with E-state index in [0.717, 1.165) is 23.1 Å². The first kappa shape index (κ1) is 15.5. The number of carbonyl (C=O) groups excluding carboxylic acids is 2. The van der Waals surface area contributed by atoms with Gasteiger partial charge in [0.25, 0.3) is 5.91 Å². The molecule has 0 aliphatic heterocycles. The number of halogens is 1. The van der Waals surface area contributed by atoms with Gasteiger partial charge in [0.05, 0.1) is 11.5 Å². The second-order valence-electron chi connectivity index (χ2n) is 4.42. The molecule has 2 N–H and O–H groups in total. The van der Waals surface area contributed by atoms with E-state index in [-0.39, 0.29) is 18.2 Å². The van der Waals surface area contributed by atoms with Gasteiger partial charge in [0.2, 0.25) is 11.7 Å². The Morgan fingerprint density at radius 1 is 1.45 bits per heavy atom. The first-order chi connectivity index (χ1) is 9.23. The third-order valence-corrected chi connectivity index (χ3v) is 2.60. The van der Waals surface area contributed by atoms with Crippen LogP contribution in [0.2, 0.25) is 0 Å². The molecule has 0 bridgehead atoms. The van der Waals surface area contributed by atoms with E-state index in [1.807, 2.05) is 0 Å². The lowest BCUT2D eigenvalue weighted by molar-refractivity contribution is -0.387. The molecule has 7 nitrogen and oxygen atoms in total. The van der Waals surface area contributed by atoms with E-state index in [1.165, 1.54) is 0 Å². The molecule has 0 radical (unpaired) electrons. The second kappa shape index (κ2) is 6.09. The summed E-state index contributed by atoms with van der Waals surface area (Å²) < 4.78 is 13.5. The maximum atomic E-state index is 13.5. The van der Waals surface area contributed by atoms with Crippen molar-refractivity contribution < 1.29 is 18.9 Å². The van der Waals surface area contributed by atoms with E-state index in [9.17, 15) is 24.1 Å². The topological polar surface area (TPSA) is 107 Å². The predicted molar refractivity (Wildman–Crippen MR) is 68.4 cm³/mol. The van der Waals surface area contributed by atoms with E-state index < -0.39 is 28.2 Å². The molecule has 0 unspecified atom stereocenters. The lowest BCUT2D eigenvalue weighted by Gasteiger charge is -2.25. The Labute approximate surface area is 114 Å². The van der Waals surface area contributed by atoms with Crippen molar-refractivity contribution in [2.75, 3.05) is 6.54 Å². The van der Waals surface area contributed by atoms with Gasteiger partial charge in [0.15, 0.2) is 0 Å². The van der Waals surface area contributed by atoms with Gasteiger partial charge in [0, 0.05) is 17.7 Å². The molecule has 108 valence electrons. The van der Waals surface area contributed by atoms with Crippen molar-refractivity contribution in [3.05, 3.63) is 39.7 Å². The van der Waals surface area contributed by atoms with Crippen molar-refractivity contribution in [2.24, 2.45) is 5.73 Å². The molecule has 0 spiro atoms. The van der Waals surface area contributed by atoms with Gasteiger partial charge < -0.3 is 10.6 Å². The molecule has 0 saturated carbocycles. The van der Waals surface area contributed by atoms with Crippen LogP contribution in [0.1, 0.15) is 24.2 Å². The Hall–Kier alpha value is -2.51. The molecule has 0 saturated heterocycles. The van der Waals surface area contributed by atoms with Crippen LogP contribution in [0, 0.1) is 15.9 Å². The summed E-state index contributed by atoms with van der Waals surface area (Å²) in [4.78, 5) is 33.8. The third-order valence-electron chi connectivity index (χ3n) is 2.60. The molecule has 2 amide bonds. The number of nitrogens with zero attached hydrogens (tertiary/aromatic N) is 2.